The summed E-state index contributed by atoms with van der Waals surface area (Å²) in [6.07, 6.45) is 1.37. The van der Waals surface area contributed by atoms with Gasteiger partial charge in [0.1, 0.15) is 6.04 Å². The van der Waals surface area contributed by atoms with Crippen molar-refractivity contribution in [3.63, 3.8) is 0 Å². The van der Waals surface area contributed by atoms with Crippen molar-refractivity contribution in [2.24, 2.45) is 5.73 Å². The quantitative estimate of drug-likeness (QED) is 0.707. The molecule has 112 valence electrons. The lowest BCUT2D eigenvalue weighted by Gasteiger charge is -2.37. The van der Waals surface area contributed by atoms with E-state index in [1.54, 1.807) is 0 Å². The third-order valence-corrected chi connectivity index (χ3v) is 3.74. The molecule has 2 fully saturated rings. The number of ether oxygens (including phenoxy) is 1. The fourth-order valence-corrected chi connectivity index (χ4v) is 2.73. The number of primary amides is 1. The molecule has 0 radical (unpaired) electrons. The molecule has 8 nitrogen and oxygen atoms in total. The van der Waals surface area contributed by atoms with Crippen molar-refractivity contribution in [2.75, 3.05) is 26.3 Å². The Morgan fingerprint density at radius 2 is 2.00 bits per heavy atom. The molecule has 2 heterocycles. The molecule has 0 aromatic carbocycles. The fraction of sp³-hybridized carbons (Fsp3) is 0.750. The van der Waals surface area contributed by atoms with Crippen molar-refractivity contribution < 1.29 is 24.2 Å². The molecule has 0 aromatic rings. The minimum atomic E-state index is -0.928. The monoisotopic (exact) mass is 285 g/mol. The molecule has 2 aliphatic heterocycles. The largest absolute Gasteiger partial charge is 0.481 e. The van der Waals surface area contributed by atoms with Gasteiger partial charge in [0.15, 0.2) is 0 Å². The number of aliphatic carboxylic acids is 1. The predicted molar refractivity (Wildman–Crippen MR) is 67.9 cm³/mol. The highest BCUT2D eigenvalue weighted by atomic mass is 16.5. The summed E-state index contributed by atoms with van der Waals surface area (Å²) in [4.78, 5) is 37.6. The Hall–Kier alpha value is -1.83. The zero-order valence-corrected chi connectivity index (χ0v) is 11.2. The van der Waals surface area contributed by atoms with Gasteiger partial charge in [-0.25, -0.2) is 4.79 Å². The number of carbonyl (C=O) groups excluding carboxylic acids is 2. The third kappa shape index (κ3) is 3.01. The highest BCUT2D eigenvalue weighted by Gasteiger charge is 2.38. The summed E-state index contributed by atoms with van der Waals surface area (Å²) in [6.45, 7) is 1.26. The number of morpholine rings is 1. The molecule has 0 aromatic heterocycles. The highest BCUT2D eigenvalue weighted by molar-refractivity contribution is 5.86. The number of carboxylic acid groups (broad SMARTS) is 1. The van der Waals surface area contributed by atoms with Crippen LogP contribution in [0.25, 0.3) is 0 Å². The Morgan fingerprint density at radius 3 is 2.65 bits per heavy atom. The molecule has 2 unspecified atom stereocenters. The van der Waals surface area contributed by atoms with Crippen LogP contribution in [-0.4, -0.2) is 71.2 Å². The SMILES string of the molecule is NC(=O)C1COCCN1C(=O)N1CCCC1CC(=O)O. The lowest BCUT2D eigenvalue weighted by Crippen LogP contribution is -2.58. The van der Waals surface area contributed by atoms with Crippen LogP contribution in [-0.2, 0) is 14.3 Å². The third-order valence-electron chi connectivity index (χ3n) is 3.74. The van der Waals surface area contributed by atoms with Crippen LogP contribution in [0.4, 0.5) is 4.79 Å². The second-order valence-electron chi connectivity index (χ2n) is 5.06. The van der Waals surface area contributed by atoms with Gasteiger partial charge in [0.25, 0.3) is 0 Å². The number of hydrogen-bond donors (Lipinski definition) is 2. The van der Waals surface area contributed by atoms with Crippen LogP contribution in [0.3, 0.4) is 0 Å². The topological polar surface area (TPSA) is 113 Å². The molecular formula is C12H19N3O5. The summed E-state index contributed by atoms with van der Waals surface area (Å²) in [6, 6.07) is -1.40. The van der Waals surface area contributed by atoms with E-state index in [0.717, 1.165) is 6.42 Å². The number of nitrogens with two attached hydrogens (primary N) is 1. The van der Waals surface area contributed by atoms with E-state index < -0.39 is 17.9 Å². The Kier molecular flexibility index (Phi) is 4.43. The van der Waals surface area contributed by atoms with Crippen LogP contribution in [0.2, 0.25) is 0 Å². The van der Waals surface area contributed by atoms with Crippen molar-refractivity contribution in [3.8, 4) is 0 Å². The lowest BCUT2D eigenvalue weighted by molar-refractivity contribution is -0.138. The first-order valence-electron chi connectivity index (χ1n) is 6.67. The van der Waals surface area contributed by atoms with Crippen molar-refractivity contribution in [3.05, 3.63) is 0 Å². The number of amides is 3. The molecular weight excluding hydrogens is 266 g/mol. The zero-order valence-electron chi connectivity index (χ0n) is 11.2. The molecule has 0 aliphatic carbocycles. The van der Waals surface area contributed by atoms with E-state index in [2.05, 4.69) is 0 Å². The van der Waals surface area contributed by atoms with Gasteiger partial charge >= 0.3 is 12.0 Å². The first kappa shape index (κ1) is 14.6. The molecule has 8 heteroatoms. The van der Waals surface area contributed by atoms with Gasteiger partial charge in [-0.2, -0.15) is 0 Å². The van der Waals surface area contributed by atoms with Crippen LogP contribution >= 0.6 is 0 Å². The zero-order chi connectivity index (χ0) is 14.7. The van der Waals surface area contributed by atoms with Gasteiger partial charge in [0, 0.05) is 19.1 Å². The van der Waals surface area contributed by atoms with Crippen LogP contribution in [0, 0.1) is 0 Å². The lowest BCUT2D eigenvalue weighted by atomic mass is 10.1. The normalized spacial score (nSPS) is 26.6. The van der Waals surface area contributed by atoms with Gasteiger partial charge in [-0.3, -0.25) is 9.59 Å². The van der Waals surface area contributed by atoms with Crippen LogP contribution in [0.15, 0.2) is 0 Å². The van der Waals surface area contributed by atoms with Crippen molar-refractivity contribution >= 4 is 17.9 Å². The number of carboxylic acids is 1. The van der Waals surface area contributed by atoms with E-state index in [1.165, 1.54) is 9.80 Å². The summed E-state index contributed by atoms with van der Waals surface area (Å²) < 4.78 is 5.17. The van der Waals surface area contributed by atoms with Crippen LogP contribution in [0.5, 0.6) is 0 Å². The van der Waals surface area contributed by atoms with Crippen molar-refractivity contribution in [2.45, 2.75) is 31.3 Å². The maximum absolute atomic E-state index is 12.5. The number of carbonyl (C=O) groups is 3. The number of urea groups is 1. The molecule has 3 N–H and O–H groups in total. The maximum atomic E-state index is 12.5. The second-order valence-corrected chi connectivity index (χ2v) is 5.06. The summed E-state index contributed by atoms with van der Waals surface area (Å²) >= 11 is 0. The maximum Gasteiger partial charge on any atom is 0.321 e. The Balaban J connectivity index is 2.08. The summed E-state index contributed by atoms with van der Waals surface area (Å²) in [5, 5.41) is 8.88. The van der Waals surface area contributed by atoms with E-state index >= 15 is 0 Å². The fourth-order valence-electron chi connectivity index (χ4n) is 2.73. The Morgan fingerprint density at radius 1 is 1.25 bits per heavy atom. The van der Waals surface area contributed by atoms with Gasteiger partial charge in [0.05, 0.1) is 19.6 Å². The molecule has 2 atom stereocenters. The highest BCUT2D eigenvalue weighted by Crippen LogP contribution is 2.23. The molecule has 20 heavy (non-hydrogen) atoms. The average molecular weight is 285 g/mol. The van der Waals surface area contributed by atoms with Gasteiger partial charge in [-0.1, -0.05) is 0 Å². The minimum absolute atomic E-state index is 0.0721. The van der Waals surface area contributed by atoms with E-state index in [0.29, 0.717) is 26.1 Å². The predicted octanol–water partition coefficient (Wildman–Crippen LogP) is -0.768. The molecule has 0 spiro atoms. The second kappa shape index (κ2) is 6.08. The van der Waals surface area contributed by atoms with Crippen LogP contribution < -0.4 is 5.73 Å². The molecule has 2 saturated heterocycles. The number of rotatable bonds is 3. The first-order chi connectivity index (χ1) is 9.50. The van der Waals surface area contributed by atoms with Gasteiger partial charge in [-0.15, -0.1) is 0 Å². The molecule has 0 bridgehead atoms. The van der Waals surface area contributed by atoms with E-state index in [4.69, 9.17) is 15.6 Å². The Bertz CT molecular complexity index is 414. The van der Waals surface area contributed by atoms with Gasteiger partial charge in [0.2, 0.25) is 5.91 Å². The molecule has 2 rings (SSSR count). The summed E-state index contributed by atoms with van der Waals surface area (Å²) in [5.41, 5.74) is 5.28. The minimum Gasteiger partial charge on any atom is -0.481 e. The van der Waals surface area contributed by atoms with E-state index in [9.17, 15) is 14.4 Å². The standard InChI is InChI=1S/C12H19N3O5/c13-11(18)9-7-20-5-4-15(9)12(19)14-3-1-2-8(14)6-10(16)17/h8-9H,1-7H2,(H2,13,18)(H,16,17). The number of hydrogen-bond acceptors (Lipinski definition) is 4. The number of nitrogens with zero attached hydrogens (tertiary/aromatic N) is 2. The average Bonchev–Trinajstić information content (AvgIpc) is 2.85. The van der Waals surface area contributed by atoms with E-state index in [1.807, 2.05) is 0 Å². The van der Waals surface area contributed by atoms with Crippen molar-refractivity contribution in [1.29, 1.82) is 0 Å². The molecule has 3 amide bonds. The van der Waals surface area contributed by atoms with Gasteiger partial charge < -0.3 is 25.4 Å². The van der Waals surface area contributed by atoms with Crippen LogP contribution in [0.1, 0.15) is 19.3 Å². The summed E-state index contributed by atoms with van der Waals surface area (Å²) in [7, 11) is 0. The van der Waals surface area contributed by atoms with Crippen molar-refractivity contribution in [1.82, 2.24) is 9.80 Å². The molecule has 0 saturated carbocycles. The first-order valence-corrected chi connectivity index (χ1v) is 6.67. The van der Waals surface area contributed by atoms with Gasteiger partial charge in [-0.05, 0) is 12.8 Å². The number of likely N-dealkylation sites (tertiary alicyclic amines) is 1. The van der Waals surface area contributed by atoms with E-state index in [-0.39, 0.29) is 25.1 Å². The molecule has 2 aliphatic rings. The smallest absolute Gasteiger partial charge is 0.321 e. The Labute approximate surface area is 116 Å². The summed E-state index contributed by atoms with van der Waals surface area (Å²) in [5.74, 6) is -1.53.